The molecule has 6 heteroatoms. The number of nitrogens with zero attached hydrogens (tertiary/aromatic N) is 3. The molecule has 0 bridgehead atoms. The van der Waals surface area contributed by atoms with Gasteiger partial charge in [-0.1, -0.05) is 65.8 Å². The van der Waals surface area contributed by atoms with Crippen molar-refractivity contribution in [3.8, 4) is 22.8 Å². The molecule has 0 spiro atoms. The molecule has 0 aliphatic rings. The van der Waals surface area contributed by atoms with Crippen LogP contribution in [0.15, 0.2) is 58.3 Å². The number of hydrogen-bond acceptors (Lipinski definition) is 5. The first-order chi connectivity index (χ1) is 14.5. The van der Waals surface area contributed by atoms with Crippen LogP contribution in [0.3, 0.4) is 0 Å². The molecule has 0 N–H and O–H groups in total. The zero-order chi connectivity index (χ0) is 22.6. The van der Waals surface area contributed by atoms with Gasteiger partial charge in [-0.25, -0.2) is 4.98 Å². The Labute approximate surface area is 199 Å². The van der Waals surface area contributed by atoms with Crippen molar-refractivity contribution in [1.82, 2.24) is 15.0 Å². The summed E-state index contributed by atoms with van der Waals surface area (Å²) in [4.78, 5) is 15.9. The second kappa shape index (κ2) is 9.93. The van der Waals surface area contributed by atoms with Crippen molar-refractivity contribution in [2.75, 3.05) is 11.5 Å². The highest BCUT2D eigenvalue weighted by atomic mass is 35.5. The van der Waals surface area contributed by atoms with Crippen LogP contribution in [0.25, 0.3) is 22.8 Å². The first kappa shape index (κ1) is 24.1. The molecular weight excluding hydrogens is 442 g/mol. The molecule has 0 saturated carbocycles. The highest BCUT2D eigenvalue weighted by molar-refractivity contribution is 7.99. The summed E-state index contributed by atoms with van der Waals surface area (Å²) < 4.78 is 0. The van der Waals surface area contributed by atoms with Gasteiger partial charge in [-0.2, -0.15) is 9.97 Å². The molecule has 164 valence electrons. The summed E-state index contributed by atoms with van der Waals surface area (Å²) in [5.41, 5.74) is 2.45. The lowest BCUT2D eigenvalue weighted by atomic mass is 10.0. The number of aromatic nitrogens is 3. The molecule has 0 saturated heterocycles. The molecule has 3 aromatic rings. The summed E-state index contributed by atoms with van der Waals surface area (Å²) in [6.07, 6.45) is 0. The van der Waals surface area contributed by atoms with Crippen molar-refractivity contribution in [2.24, 2.45) is 10.8 Å². The Morgan fingerprint density at radius 3 is 1.29 bits per heavy atom. The third-order valence-corrected chi connectivity index (χ3v) is 7.58. The lowest BCUT2D eigenvalue weighted by Gasteiger charge is -2.17. The van der Waals surface area contributed by atoms with E-state index in [9.17, 15) is 0 Å². The van der Waals surface area contributed by atoms with Crippen LogP contribution in [0.1, 0.15) is 41.5 Å². The van der Waals surface area contributed by atoms with Crippen molar-refractivity contribution in [2.45, 2.75) is 51.3 Å². The summed E-state index contributed by atoms with van der Waals surface area (Å²) in [5.74, 6) is 3.32. The number of halogens is 1. The average Bonchev–Trinajstić information content (AvgIpc) is 2.70. The van der Waals surface area contributed by atoms with E-state index < -0.39 is 0 Å². The maximum atomic E-state index is 6.24. The third-order valence-electron chi connectivity index (χ3n) is 4.18. The SMILES string of the molecule is CC(C)(C)CSc1ccc(-c2nc(Cl)nc(-c3ccc(SCC(C)(C)C)cc3)n2)cc1. The minimum atomic E-state index is 0.206. The Hall–Kier alpha value is -1.56. The summed E-state index contributed by atoms with van der Waals surface area (Å²) in [6, 6.07) is 16.7. The Morgan fingerprint density at radius 1 is 0.613 bits per heavy atom. The Balaban J connectivity index is 1.77. The topological polar surface area (TPSA) is 38.7 Å². The molecule has 1 aromatic heterocycles. The van der Waals surface area contributed by atoms with Crippen LogP contribution in [-0.2, 0) is 0 Å². The molecule has 0 atom stereocenters. The molecule has 0 radical (unpaired) electrons. The fraction of sp³-hybridized carbons (Fsp3) is 0.400. The Bertz CT molecular complexity index is 925. The van der Waals surface area contributed by atoms with Crippen molar-refractivity contribution in [3.05, 3.63) is 53.8 Å². The van der Waals surface area contributed by atoms with Gasteiger partial charge in [0.2, 0.25) is 5.28 Å². The highest BCUT2D eigenvalue weighted by Crippen LogP contribution is 2.30. The number of benzene rings is 2. The Kier molecular flexibility index (Phi) is 7.72. The summed E-state index contributed by atoms with van der Waals surface area (Å²) >= 11 is 9.96. The summed E-state index contributed by atoms with van der Waals surface area (Å²) in [7, 11) is 0. The molecule has 3 rings (SSSR count). The van der Waals surface area contributed by atoms with Crippen LogP contribution >= 0.6 is 35.1 Å². The van der Waals surface area contributed by atoms with Crippen molar-refractivity contribution in [1.29, 1.82) is 0 Å². The van der Waals surface area contributed by atoms with E-state index in [1.165, 1.54) is 9.79 Å². The fourth-order valence-corrected chi connectivity index (χ4v) is 4.62. The molecule has 0 fully saturated rings. The van der Waals surface area contributed by atoms with Gasteiger partial charge in [-0.3, -0.25) is 0 Å². The predicted octanol–water partition coefficient (Wildman–Crippen LogP) is 8.14. The van der Waals surface area contributed by atoms with Gasteiger partial charge in [0.1, 0.15) is 0 Å². The smallest absolute Gasteiger partial charge is 0.208 e. The minimum Gasteiger partial charge on any atom is -0.208 e. The fourth-order valence-electron chi connectivity index (χ4n) is 2.61. The van der Waals surface area contributed by atoms with Crippen LogP contribution < -0.4 is 0 Å². The highest BCUT2D eigenvalue weighted by Gasteiger charge is 2.13. The Morgan fingerprint density at radius 2 is 0.968 bits per heavy atom. The van der Waals surface area contributed by atoms with Gasteiger partial charge in [0, 0.05) is 32.4 Å². The monoisotopic (exact) mass is 471 g/mol. The second-order valence-electron chi connectivity index (χ2n) is 10.00. The first-order valence-corrected chi connectivity index (χ1v) is 12.7. The molecule has 1 heterocycles. The van der Waals surface area contributed by atoms with E-state index in [0.29, 0.717) is 22.5 Å². The zero-order valence-corrected chi connectivity index (χ0v) is 21.5. The quantitative estimate of drug-likeness (QED) is 0.339. The van der Waals surface area contributed by atoms with E-state index in [1.54, 1.807) is 0 Å². The zero-order valence-electron chi connectivity index (χ0n) is 19.1. The van der Waals surface area contributed by atoms with E-state index in [1.807, 2.05) is 47.8 Å². The van der Waals surface area contributed by atoms with E-state index in [4.69, 9.17) is 11.6 Å². The van der Waals surface area contributed by atoms with E-state index in [2.05, 4.69) is 80.8 Å². The number of rotatable bonds is 6. The van der Waals surface area contributed by atoms with Gasteiger partial charge in [-0.05, 0) is 46.7 Å². The normalized spacial score (nSPS) is 12.2. The number of hydrogen-bond donors (Lipinski definition) is 0. The first-order valence-electron chi connectivity index (χ1n) is 10.4. The molecule has 3 nitrogen and oxygen atoms in total. The maximum Gasteiger partial charge on any atom is 0.226 e. The summed E-state index contributed by atoms with van der Waals surface area (Å²) in [6.45, 7) is 13.5. The molecule has 0 amide bonds. The van der Waals surface area contributed by atoms with E-state index in [-0.39, 0.29) is 5.28 Å². The molecule has 2 aromatic carbocycles. The molecule has 0 aliphatic carbocycles. The van der Waals surface area contributed by atoms with Crippen LogP contribution in [0.4, 0.5) is 0 Å². The lowest BCUT2D eigenvalue weighted by molar-refractivity contribution is 0.480. The molecular formula is C25H30ClN3S2. The third kappa shape index (κ3) is 7.81. The minimum absolute atomic E-state index is 0.206. The average molecular weight is 472 g/mol. The van der Waals surface area contributed by atoms with Gasteiger partial charge in [0.15, 0.2) is 11.6 Å². The van der Waals surface area contributed by atoms with E-state index in [0.717, 1.165) is 22.6 Å². The standard InChI is InChI=1S/C25H30ClN3S2/c1-24(2,3)15-30-19-11-7-17(8-12-19)21-27-22(29-23(26)28-21)18-9-13-20(14-10-18)31-16-25(4,5)6/h7-14H,15-16H2,1-6H3. The van der Waals surface area contributed by atoms with Gasteiger partial charge in [0.25, 0.3) is 0 Å². The summed E-state index contributed by atoms with van der Waals surface area (Å²) in [5, 5.41) is 0.206. The predicted molar refractivity (Wildman–Crippen MR) is 136 cm³/mol. The van der Waals surface area contributed by atoms with Gasteiger partial charge < -0.3 is 0 Å². The lowest BCUT2D eigenvalue weighted by Crippen LogP contribution is -2.07. The largest absolute Gasteiger partial charge is 0.226 e. The van der Waals surface area contributed by atoms with Crippen LogP contribution in [-0.4, -0.2) is 26.5 Å². The van der Waals surface area contributed by atoms with Gasteiger partial charge in [0.05, 0.1) is 0 Å². The van der Waals surface area contributed by atoms with Crippen LogP contribution in [0.2, 0.25) is 5.28 Å². The van der Waals surface area contributed by atoms with Crippen LogP contribution in [0.5, 0.6) is 0 Å². The van der Waals surface area contributed by atoms with Crippen molar-refractivity contribution in [3.63, 3.8) is 0 Å². The number of thioether (sulfide) groups is 2. The second-order valence-corrected chi connectivity index (χ2v) is 12.4. The van der Waals surface area contributed by atoms with E-state index >= 15 is 0 Å². The van der Waals surface area contributed by atoms with Crippen LogP contribution in [0, 0.1) is 10.8 Å². The maximum absolute atomic E-state index is 6.24. The van der Waals surface area contributed by atoms with Crippen molar-refractivity contribution >= 4 is 35.1 Å². The molecule has 0 aliphatic heterocycles. The van der Waals surface area contributed by atoms with Gasteiger partial charge >= 0.3 is 0 Å². The molecule has 31 heavy (non-hydrogen) atoms. The van der Waals surface area contributed by atoms with Gasteiger partial charge in [-0.15, -0.1) is 23.5 Å². The molecule has 0 unspecified atom stereocenters. The van der Waals surface area contributed by atoms with Crippen molar-refractivity contribution < 1.29 is 0 Å².